The van der Waals surface area contributed by atoms with E-state index in [2.05, 4.69) is 15.4 Å². The molecule has 1 atom stereocenters. The SMILES string of the molecule is CCC1(NC(=O)c2nc(C)n(-c3c(Cl)cccc3Cl)n2)CCOC1. The Kier molecular flexibility index (Phi) is 4.80. The number of amides is 1. The highest BCUT2D eigenvalue weighted by molar-refractivity contribution is 6.37. The fourth-order valence-corrected chi connectivity index (χ4v) is 3.32. The van der Waals surface area contributed by atoms with Crippen LogP contribution in [0.3, 0.4) is 0 Å². The number of nitrogens with zero attached hydrogens (tertiary/aromatic N) is 3. The number of hydrogen-bond donors (Lipinski definition) is 1. The van der Waals surface area contributed by atoms with E-state index in [9.17, 15) is 4.79 Å². The molecule has 0 spiro atoms. The maximum Gasteiger partial charge on any atom is 0.291 e. The smallest absolute Gasteiger partial charge is 0.291 e. The lowest BCUT2D eigenvalue weighted by molar-refractivity contribution is 0.0863. The number of aryl methyl sites for hydroxylation is 1. The Balaban J connectivity index is 1.90. The van der Waals surface area contributed by atoms with E-state index in [1.54, 1.807) is 25.1 Å². The Morgan fingerprint density at radius 2 is 2.12 bits per heavy atom. The van der Waals surface area contributed by atoms with Crippen LogP contribution in [0, 0.1) is 6.92 Å². The Morgan fingerprint density at radius 1 is 1.42 bits per heavy atom. The average molecular weight is 369 g/mol. The van der Waals surface area contributed by atoms with Gasteiger partial charge in [0.05, 0.1) is 22.2 Å². The summed E-state index contributed by atoms with van der Waals surface area (Å²) in [5.41, 5.74) is 0.165. The predicted octanol–water partition coefficient (Wildman–Crippen LogP) is 3.18. The average Bonchev–Trinajstić information content (AvgIpc) is 3.15. The van der Waals surface area contributed by atoms with Gasteiger partial charge >= 0.3 is 0 Å². The molecule has 2 heterocycles. The van der Waals surface area contributed by atoms with Gasteiger partial charge in [0, 0.05) is 6.61 Å². The van der Waals surface area contributed by atoms with Gasteiger partial charge in [-0.15, -0.1) is 5.10 Å². The summed E-state index contributed by atoms with van der Waals surface area (Å²) >= 11 is 12.4. The van der Waals surface area contributed by atoms with Crippen LogP contribution in [0.5, 0.6) is 0 Å². The van der Waals surface area contributed by atoms with Crippen LogP contribution in [-0.4, -0.2) is 39.4 Å². The molecule has 1 fully saturated rings. The van der Waals surface area contributed by atoms with Crippen LogP contribution >= 0.6 is 23.2 Å². The molecule has 1 aliphatic rings. The number of aromatic nitrogens is 3. The lowest BCUT2D eigenvalue weighted by Crippen LogP contribution is -2.48. The second-order valence-corrected chi connectivity index (χ2v) is 6.67. The number of hydrogen-bond acceptors (Lipinski definition) is 4. The van der Waals surface area contributed by atoms with Crippen LogP contribution in [0.15, 0.2) is 18.2 Å². The number of carbonyl (C=O) groups excluding carboxylic acids is 1. The topological polar surface area (TPSA) is 69.0 Å². The van der Waals surface area contributed by atoms with Crippen molar-refractivity contribution in [3.8, 4) is 5.69 Å². The molecule has 128 valence electrons. The van der Waals surface area contributed by atoms with Crippen molar-refractivity contribution in [2.75, 3.05) is 13.2 Å². The summed E-state index contributed by atoms with van der Waals surface area (Å²) in [6.45, 7) is 4.92. The van der Waals surface area contributed by atoms with Crippen molar-refractivity contribution in [3.05, 3.63) is 39.9 Å². The number of carbonyl (C=O) groups is 1. The predicted molar refractivity (Wildman–Crippen MR) is 92.0 cm³/mol. The minimum Gasteiger partial charge on any atom is -0.379 e. The van der Waals surface area contributed by atoms with Gasteiger partial charge < -0.3 is 10.1 Å². The number of para-hydroxylation sites is 1. The molecule has 6 nitrogen and oxygen atoms in total. The molecule has 3 rings (SSSR count). The molecule has 0 saturated carbocycles. The fourth-order valence-electron chi connectivity index (χ4n) is 2.76. The molecule has 8 heteroatoms. The molecule has 1 unspecified atom stereocenters. The molecule has 1 aliphatic heterocycles. The molecule has 1 amide bonds. The van der Waals surface area contributed by atoms with E-state index in [1.165, 1.54) is 4.68 Å². The third kappa shape index (κ3) is 3.14. The minimum atomic E-state index is -0.349. The summed E-state index contributed by atoms with van der Waals surface area (Å²) < 4.78 is 6.91. The van der Waals surface area contributed by atoms with Crippen LogP contribution in [-0.2, 0) is 4.74 Å². The summed E-state index contributed by atoms with van der Waals surface area (Å²) in [7, 11) is 0. The maximum atomic E-state index is 12.6. The van der Waals surface area contributed by atoms with E-state index >= 15 is 0 Å². The molecule has 0 aliphatic carbocycles. The minimum absolute atomic E-state index is 0.0863. The largest absolute Gasteiger partial charge is 0.379 e. The van der Waals surface area contributed by atoms with E-state index in [-0.39, 0.29) is 17.3 Å². The van der Waals surface area contributed by atoms with Crippen LogP contribution in [0.4, 0.5) is 0 Å². The molecule has 0 radical (unpaired) electrons. The Labute approximate surface area is 150 Å². The zero-order valence-electron chi connectivity index (χ0n) is 13.5. The summed E-state index contributed by atoms with van der Waals surface area (Å²) in [5.74, 6) is 0.291. The van der Waals surface area contributed by atoms with Gasteiger partial charge in [0.1, 0.15) is 11.5 Å². The summed E-state index contributed by atoms with van der Waals surface area (Å²) in [6.07, 6.45) is 1.57. The zero-order valence-corrected chi connectivity index (χ0v) is 15.0. The van der Waals surface area contributed by atoms with Gasteiger partial charge in [-0.3, -0.25) is 4.79 Å². The van der Waals surface area contributed by atoms with Crippen molar-refractivity contribution in [2.24, 2.45) is 0 Å². The highest BCUT2D eigenvalue weighted by Crippen LogP contribution is 2.28. The maximum absolute atomic E-state index is 12.6. The number of nitrogens with one attached hydrogen (secondary N) is 1. The first-order valence-corrected chi connectivity index (χ1v) is 8.50. The highest BCUT2D eigenvalue weighted by atomic mass is 35.5. The molecule has 0 bridgehead atoms. The zero-order chi connectivity index (χ0) is 17.3. The summed E-state index contributed by atoms with van der Waals surface area (Å²) in [4.78, 5) is 16.8. The lowest BCUT2D eigenvalue weighted by Gasteiger charge is -2.26. The third-order valence-corrected chi connectivity index (χ3v) is 4.89. The first-order valence-electron chi connectivity index (χ1n) is 7.74. The molecule has 1 N–H and O–H groups in total. The Hall–Kier alpha value is -1.63. The number of ether oxygens (including phenoxy) is 1. The van der Waals surface area contributed by atoms with Crippen molar-refractivity contribution >= 4 is 29.1 Å². The highest BCUT2D eigenvalue weighted by Gasteiger charge is 2.35. The van der Waals surface area contributed by atoms with E-state index in [0.717, 1.165) is 12.8 Å². The van der Waals surface area contributed by atoms with Gasteiger partial charge in [0.2, 0.25) is 5.82 Å². The van der Waals surface area contributed by atoms with Gasteiger partial charge in [-0.05, 0) is 31.9 Å². The number of halogens is 2. The second-order valence-electron chi connectivity index (χ2n) is 5.86. The van der Waals surface area contributed by atoms with E-state index in [1.807, 2.05) is 6.92 Å². The van der Waals surface area contributed by atoms with Crippen molar-refractivity contribution in [3.63, 3.8) is 0 Å². The van der Waals surface area contributed by atoms with Gasteiger partial charge in [0.25, 0.3) is 5.91 Å². The molecular weight excluding hydrogens is 351 g/mol. The second kappa shape index (κ2) is 6.70. The van der Waals surface area contributed by atoms with E-state index < -0.39 is 0 Å². The molecule has 24 heavy (non-hydrogen) atoms. The van der Waals surface area contributed by atoms with Gasteiger partial charge in [-0.1, -0.05) is 36.2 Å². The van der Waals surface area contributed by atoms with E-state index in [4.69, 9.17) is 27.9 Å². The van der Waals surface area contributed by atoms with Crippen LogP contribution in [0.25, 0.3) is 5.69 Å². The first-order chi connectivity index (χ1) is 11.5. The molecule has 2 aromatic rings. The normalized spacial score (nSPS) is 20.3. The quantitative estimate of drug-likeness (QED) is 0.899. The standard InChI is InChI=1S/C16H18Cl2N4O2/c1-3-16(7-8-24-9-16)20-15(23)14-19-10(2)22(21-14)13-11(17)5-4-6-12(13)18/h4-6H,3,7-9H2,1-2H3,(H,20,23). The fraction of sp³-hybridized carbons (Fsp3) is 0.438. The Bertz CT molecular complexity index is 749. The van der Waals surface area contributed by atoms with Crippen LogP contribution < -0.4 is 5.32 Å². The third-order valence-electron chi connectivity index (χ3n) is 4.28. The van der Waals surface area contributed by atoms with Crippen molar-refractivity contribution in [2.45, 2.75) is 32.2 Å². The molecule has 1 aromatic carbocycles. The van der Waals surface area contributed by atoms with Crippen molar-refractivity contribution < 1.29 is 9.53 Å². The number of benzene rings is 1. The lowest BCUT2D eigenvalue weighted by atomic mass is 9.95. The van der Waals surface area contributed by atoms with Gasteiger partial charge in [-0.25, -0.2) is 9.67 Å². The number of rotatable bonds is 4. The first kappa shape index (κ1) is 17.2. The van der Waals surface area contributed by atoms with Gasteiger partial charge in [0.15, 0.2) is 0 Å². The van der Waals surface area contributed by atoms with E-state index in [0.29, 0.717) is 34.8 Å². The Morgan fingerprint density at radius 3 is 2.71 bits per heavy atom. The van der Waals surface area contributed by atoms with Gasteiger partial charge in [-0.2, -0.15) is 0 Å². The van der Waals surface area contributed by atoms with Crippen LogP contribution in [0.2, 0.25) is 10.0 Å². The molecule has 1 aromatic heterocycles. The summed E-state index contributed by atoms with van der Waals surface area (Å²) in [6, 6.07) is 5.18. The van der Waals surface area contributed by atoms with Crippen LogP contribution in [0.1, 0.15) is 36.2 Å². The summed E-state index contributed by atoms with van der Waals surface area (Å²) in [5, 5.41) is 8.19. The molecule has 1 saturated heterocycles. The van der Waals surface area contributed by atoms with Crippen molar-refractivity contribution in [1.29, 1.82) is 0 Å². The van der Waals surface area contributed by atoms with Crippen molar-refractivity contribution in [1.82, 2.24) is 20.1 Å². The molecular formula is C16H18Cl2N4O2. The monoisotopic (exact) mass is 368 g/mol.